The second-order valence-corrected chi connectivity index (χ2v) is 4.23. The number of alkyl halides is 1. The molecule has 0 spiro atoms. The summed E-state index contributed by atoms with van der Waals surface area (Å²) in [6.07, 6.45) is 2.63. The SMILES string of the molecule is Cc1cc2c(cc1C)NC(Cl)C(C=O)=C2. The van der Waals surface area contributed by atoms with Gasteiger partial charge in [0, 0.05) is 11.3 Å². The molecule has 1 heterocycles. The van der Waals surface area contributed by atoms with Crippen molar-refractivity contribution in [3.8, 4) is 0 Å². The van der Waals surface area contributed by atoms with Gasteiger partial charge in [-0.1, -0.05) is 11.6 Å². The van der Waals surface area contributed by atoms with Gasteiger partial charge in [-0.2, -0.15) is 0 Å². The fourth-order valence-corrected chi connectivity index (χ4v) is 1.88. The molecule has 1 aromatic rings. The van der Waals surface area contributed by atoms with Gasteiger partial charge in [0.15, 0.2) is 0 Å². The third kappa shape index (κ3) is 1.77. The predicted molar refractivity (Wildman–Crippen MR) is 63.2 cm³/mol. The monoisotopic (exact) mass is 221 g/mol. The van der Waals surface area contributed by atoms with Gasteiger partial charge in [0.2, 0.25) is 0 Å². The van der Waals surface area contributed by atoms with Gasteiger partial charge in [0.1, 0.15) is 11.8 Å². The van der Waals surface area contributed by atoms with Gasteiger partial charge in [0.25, 0.3) is 0 Å². The van der Waals surface area contributed by atoms with Crippen LogP contribution in [0.1, 0.15) is 16.7 Å². The minimum Gasteiger partial charge on any atom is -0.365 e. The van der Waals surface area contributed by atoms with Crippen LogP contribution in [0.3, 0.4) is 0 Å². The Hall–Kier alpha value is -1.28. The van der Waals surface area contributed by atoms with E-state index in [2.05, 4.69) is 31.3 Å². The third-order valence-corrected chi connectivity index (χ3v) is 3.06. The van der Waals surface area contributed by atoms with Crippen LogP contribution in [0, 0.1) is 13.8 Å². The van der Waals surface area contributed by atoms with E-state index in [9.17, 15) is 4.79 Å². The van der Waals surface area contributed by atoms with Crippen molar-refractivity contribution in [2.45, 2.75) is 19.3 Å². The first kappa shape index (κ1) is 10.2. The quantitative estimate of drug-likeness (QED) is 0.449. The van der Waals surface area contributed by atoms with Crippen LogP contribution in [0.4, 0.5) is 5.69 Å². The Bertz CT molecular complexity index is 451. The second kappa shape index (κ2) is 3.70. The zero-order chi connectivity index (χ0) is 11.0. The van der Waals surface area contributed by atoms with E-state index in [4.69, 9.17) is 11.6 Å². The number of hydrogen-bond acceptors (Lipinski definition) is 2. The molecule has 78 valence electrons. The van der Waals surface area contributed by atoms with Crippen LogP contribution >= 0.6 is 11.6 Å². The molecule has 3 heteroatoms. The van der Waals surface area contributed by atoms with Crippen LogP contribution in [0.15, 0.2) is 17.7 Å². The topological polar surface area (TPSA) is 29.1 Å². The van der Waals surface area contributed by atoms with Crippen molar-refractivity contribution in [1.82, 2.24) is 0 Å². The summed E-state index contributed by atoms with van der Waals surface area (Å²) < 4.78 is 0. The Kier molecular flexibility index (Phi) is 2.53. The number of aryl methyl sites for hydroxylation is 2. The first-order valence-corrected chi connectivity index (χ1v) is 5.24. The average molecular weight is 222 g/mol. The van der Waals surface area contributed by atoms with Crippen molar-refractivity contribution in [3.05, 3.63) is 34.4 Å². The lowest BCUT2D eigenvalue weighted by Gasteiger charge is -2.22. The molecule has 1 N–H and O–H groups in total. The van der Waals surface area contributed by atoms with Gasteiger partial charge in [-0.15, -0.1) is 0 Å². The first-order chi connectivity index (χ1) is 7.11. The van der Waals surface area contributed by atoms with Crippen molar-refractivity contribution in [2.24, 2.45) is 0 Å². The van der Waals surface area contributed by atoms with Gasteiger partial charge in [-0.25, -0.2) is 0 Å². The van der Waals surface area contributed by atoms with Crippen molar-refractivity contribution < 1.29 is 4.79 Å². The molecule has 1 aromatic carbocycles. The second-order valence-electron chi connectivity index (χ2n) is 3.79. The van der Waals surface area contributed by atoms with E-state index in [0.717, 1.165) is 17.5 Å². The number of nitrogens with one attached hydrogen (secondary N) is 1. The number of carbonyl (C=O) groups excluding carboxylic acids is 1. The van der Waals surface area contributed by atoms with Gasteiger partial charge in [-0.3, -0.25) is 4.79 Å². The molecular formula is C12H12ClNO. The molecule has 0 aliphatic carbocycles. The number of hydrogen-bond donors (Lipinski definition) is 1. The maximum atomic E-state index is 10.7. The number of fused-ring (bicyclic) bond motifs is 1. The molecule has 15 heavy (non-hydrogen) atoms. The van der Waals surface area contributed by atoms with E-state index < -0.39 is 5.50 Å². The van der Waals surface area contributed by atoms with E-state index in [0.29, 0.717) is 5.57 Å². The van der Waals surface area contributed by atoms with Crippen molar-refractivity contribution in [1.29, 1.82) is 0 Å². The number of aldehydes is 1. The standard InChI is InChI=1S/C12H12ClNO/c1-7-3-9-5-10(6-15)12(13)14-11(9)4-8(7)2/h3-6,12,14H,1-2H3. The molecule has 1 atom stereocenters. The number of benzene rings is 1. The molecule has 1 unspecified atom stereocenters. The van der Waals surface area contributed by atoms with Gasteiger partial charge >= 0.3 is 0 Å². The fraction of sp³-hybridized carbons (Fsp3) is 0.250. The Labute approximate surface area is 93.9 Å². The maximum absolute atomic E-state index is 10.7. The molecule has 0 bridgehead atoms. The number of rotatable bonds is 1. The molecular weight excluding hydrogens is 210 g/mol. The smallest absolute Gasteiger partial charge is 0.149 e. The average Bonchev–Trinajstić information content (AvgIpc) is 2.20. The Morgan fingerprint density at radius 2 is 2.00 bits per heavy atom. The lowest BCUT2D eigenvalue weighted by molar-refractivity contribution is -0.104. The maximum Gasteiger partial charge on any atom is 0.149 e. The van der Waals surface area contributed by atoms with E-state index in [1.165, 1.54) is 11.1 Å². The first-order valence-electron chi connectivity index (χ1n) is 4.80. The molecule has 2 nitrogen and oxygen atoms in total. The summed E-state index contributed by atoms with van der Waals surface area (Å²) in [5.41, 5.74) is 4.60. The van der Waals surface area contributed by atoms with Crippen LogP contribution in [-0.2, 0) is 4.79 Å². The van der Waals surface area contributed by atoms with Crippen molar-refractivity contribution in [3.63, 3.8) is 0 Å². The highest BCUT2D eigenvalue weighted by atomic mass is 35.5. The zero-order valence-corrected chi connectivity index (χ0v) is 9.43. The van der Waals surface area contributed by atoms with Gasteiger partial charge in [0.05, 0.1) is 0 Å². The molecule has 0 fully saturated rings. The number of halogens is 1. The number of anilines is 1. The summed E-state index contributed by atoms with van der Waals surface area (Å²) in [7, 11) is 0. The van der Waals surface area contributed by atoms with E-state index >= 15 is 0 Å². The van der Waals surface area contributed by atoms with Crippen LogP contribution < -0.4 is 5.32 Å². The molecule has 0 saturated heterocycles. The molecule has 1 aliphatic heterocycles. The zero-order valence-electron chi connectivity index (χ0n) is 8.67. The summed E-state index contributed by atoms with van der Waals surface area (Å²) in [6, 6.07) is 4.11. The van der Waals surface area contributed by atoms with Gasteiger partial charge in [-0.05, 0) is 48.7 Å². The third-order valence-electron chi connectivity index (χ3n) is 2.70. The van der Waals surface area contributed by atoms with Crippen LogP contribution in [0.5, 0.6) is 0 Å². The lowest BCUT2D eigenvalue weighted by Crippen LogP contribution is -2.20. The minimum atomic E-state index is -0.419. The fourth-order valence-electron chi connectivity index (χ4n) is 1.65. The summed E-state index contributed by atoms with van der Waals surface area (Å²) in [4.78, 5) is 10.7. The predicted octanol–water partition coefficient (Wildman–Crippen LogP) is 2.88. The highest BCUT2D eigenvalue weighted by molar-refractivity contribution is 6.26. The Morgan fingerprint density at radius 3 is 2.67 bits per heavy atom. The molecule has 0 amide bonds. The van der Waals surface area contributed by atoms with Crippen LogP contribution in [-0.4, -0.2) is 11.8 Å². The normalized spacial score (nSPS) is 18.9. The summed E-state index contributed by atoms with van der Waals surface area (Å²) in [6.45, 7) is 4.11. The highest BCUT2D eigenvalue weighted by Crippen LogP contribution is 2.30. The summed E-state index contributed by atoms with van der Waals surface area (Å²) in [5.74, 6) is 0. The largest absolute Gasteiger partial charge is 0.365 e. The van der Waals surface area contributed by atoms with Crippen LogP contribution in [0.2, 0.25) is 0 Å². The molecule has 0 radical (unpaired) electrons. The summed E-state index contributed by atoms with van der Waals surface area (Å²) in [5, 5.41) is 3.09. The Balaban J connectivity index is 2.55. The minimum absolute atomic E-state index is 0.419. The summed E-state index contributed by atoms with van der Waals surface area (Å²) >= 11 is 5.99. The van der Waals surface area contributed by atoms with E-state index in [-0.39, 0.29) is 0 Å². The Morgan fingerprint density at radius 1 is 1.33 bits per heavy atom. The molecule has 0 aromatic heterocycles. The van der Waals surface area contributed by atoms with Crippen LogP contribution in [0.25, 0.3) is 6.08 Å². The number of carbonyl (C=O) groups is 1. The highest BCUT2D eigenvalue weighted by Gasteiger charge is 2.18. The van der Waals surface area contributed by atoms with Crippen molar-refractivity contribution in [2.75, 3.05) is 5.32 Å². The van der Waals surface area contributed by atoms with E-state index in [1.807, 2.05) is 6.08 Å². The molecule has 2 rings (SSSR count). The molecule has 1 aliphatic rings. The van der Waals surface area contributed by atoms with Crippen molar-refractivity contribution >= 4 is 29.7 Å². The molecule has 0 saturated carbocycles. The van der Waals surface area contributed by atoms with Gasteiger partial charge < -0.3 is 5.32 Å². The lowest BCUT2D eigenvalue weighted by atomic mass is 9.99. The van der Waals surface area contributed by atoms with E-state index in [1.54, 1.807) is 0 Å².